The number of hydrogen-bond donors (Lipinski definition) is 0. The maximum absolute atomic E-state index is 12.5. The number of rotatable bonds is 12. The molecule has 0 aliphatic heterocycles. The van der Waals surface area contributed by atoms with E-state index in [9.17, 15) is 24.0 Å². The molecular weight excluding hydrogens is 725 g/mol. The standard InChI is InChI=1S/C47H38O10/c1-8-43(48)56-42-28-38(37-20-15-34(16-21-37)10-9-33-11-13-36(14-12-33)25-26-53-44(49)30(2)3)27-39(29-54-45(50)31(4)5)41(42)24-19-35-17-22-40(23-18-35)55-47(52)57-46(51)32(6)7/h8,11-18,20-23,27-28H,1-2,4,6,25-26,29H2,3,5,7H3. The molecule has 0 N–H and O–H groups in total. The van der Waals surface area contributed by atoms with Gasteiger partial charge in [-0.25, -0.2) is 24.0 Å². The fourth-order valence-electron chi connectivity index (χ4n) is 4.64. The van der Waals surface area contributed by atoms with Crippen molar-refractivity contribution in [3.8, 4) is 46.3 Å². The predicted molar refractivity (Wildman–Crippen MR) is 214 cm³/mol. The van der Waals surface area contributed by atoms with Gasteiger partial charge in [-0.3, -0.25) is 0 Å². The maximum atomic E-state index is 12.5. The van der Waals surface area contributed by atoms with E-state index in [2.05, 4.69) is 54.7 Å². The molecular formula is C47H38O10. The van der Waals surface area contributed by atoms with Crippen molar-refractivity contribution in [1.82, 2.24) is 0 Å². The van der Waals surface area contributed by atoms with E-state index in [0.717, 1.165) is 28.3 Å². The zero-order valence-electron chi connectivity index (χ0n) is 31.7. The summed E-state index contributed by atoms with van der Waals surface area (Å²) in [5.74, 6) is 9.82. The van der Waals surface area contributed by atoms with Gasteiger partial charge in [-0.2, -0.15) is 0 Å². The Hall–Kier alpha value is -7.69. The average molecular weight is 763 g/mol. The van der Waals surface area contributed by atoms with E-state index in [0.29, 0.717) is 28.7 Å². The zero-order valence-corrected chi connectivity index (χ0v) is 31.7. The first-order chi connectivity index (χ1) is 27.2. The highest BCUT2D eigenvalue weighted by atomic mass is 16.7. The molecule has 0 spiro atoms. The fraction of sp³-hybridized carbons (Fsp3) is 0.128. The van der Waals surface area contributed by atoms with Crippen LogP contribution >= 0.6 is 0 Å². The van der Waals surface area contributed by atoms with Crippen molar-refractivity contribution in [1.29, 1.82) is 0 Å². The molecule has 0 bridgehead atoms. The monoisotopic (exact) mass is 762 g/mol. The second-order valence-corrected chi connectivity index (χ2v) is 12.5. The molecule has 0 aromatic heterocycles. The van der Waals surface area contributed by atoms with E-state index in [1.807, 2.05) is 48.5 Å². The van der Waals surface area contributed by atoms with Gasteiger partial charge >= 0.3 is 30.0 Å². The van der Waals surface area contributed by atoms with Gasteiger partial charge in [-0.1, -0.05) is 74.3 Å². The number of esters is 4. The molecule has 0 unspecified atom stereocenters. The first-order valence-electron chi connectivity index (χ1n) is 17.3. The molecule has 0 aliphatic carbocycles. The molecule has 0 amide bonds. The van der Waals surface area contributed by atoms with Crippen LogP contribution in [0.4, 0.5) is 4.79 Å². The van der Waals surface area contributed by atoms with E-state index >= 15 is 0 Å². The van der Waals surface area contributed by atoms with Gasteiger partial charge < -0.3 is 23.7 Å². The number of carbonyl (C=O) groups excluding carboxylic acids is 5. The van der Waals surface area contributed by atoms with Crippen LogP contribution in [0.25, 0.3) is 11.1 Å². The third-order valence-corrected chi connectivity index (χ3v) is 7.68. The lowest BCUT2D eigenvalue weighted by Crippen LogP contribution is -2.16. The van der Waals surface area contributed by atoms with Gasteiger partial charge in [0.05, 0.1) is 12.2 Å². The Morgan fingerprint density at radius 3 is 1.70 bits per heavy atom. The highest BCUT2D eigenvalue weighted by Crippen LogP contribution is 2.32. The molecule has 0 fully saturated rings. The summed E-state index contributed by atoms with van der Waals surface area (Å²) >= 11 is 0. The number of carbonyl (C=O) groups is 5. The largest absolute Gasteiger partial charge is 0.521 e. The van der Waals surface area contributed by atoms with Crippen molar-refractivity contribution in [3.63, 3.8) is 0 Å². The van der Waals surface area contributed by atoms with E-state index in [1.54, 1.807) is 31.2 Å². The van der Waals surface area contributed by atoms with Crippen LogP contribution in [0.1, 0.15) is 54.2 Å². The summed E-state index contributed by atoms with van der Waals surface area (Å²) in [4.78, 5) is 60.0. The van der Waals surface area contributed by atoms with Crippen molar-refractivity contribution >= 4 is 30.0 Å². The summed E-state index contributed by atoms with van der Waals surface area (Å²) in [5, 5.41) is 0. The molecule has 0 radical (unpaired) electrons. The van der Waals surface area contributed by atoms with Crippen LogP contribution in [0.15, 0.2) is 134 Å². The Bertz CT molecular complexity index is 2380. The van der Waals surface area contributed by atoms with Gasteiger partial charge in [0.2, 0.25) is 0 Å². The third kappa shape index (κ3) is 13.0. The zero-order chi connectivity index (χ0) is 41.5. The van der Waals surface area contributed by atoms with Crippen molar-refractivity contribution < 1.29 is 47.7 Å². The molecule has 0 saturated heterocycles. The van der Waals surface area contributed by atoms with E-state index < -0.39 is 30.0 Å². The number of hydrogen-bond acceptors (Lipinski definition) is 10. The van der Waals surface area contributed by atoms with Crippen molar-refractivity contribution in [2.75, 3.05) is 6.61 Å². The molecule has 0 saturated carbocycles. The molecule has 10 nitrogen and oxygen atoms in total. The Balaban J connectivity index is 1.61. The molecule has 4 rings (SSSR count). The van der Waals surface area contributed by atoms with Crippen molar-refractivity contribution in [2.24, 2.45) is 0 Å². The van der Waals surface area contributed by atoms with E-state index in [4.69, 9.17) is 18.9 Å². The summed E-state index contributed by atoms with van der Waals surface area (Å²) < 4.78 is 25.9. The first kappa shape index (κ1) is 42.1. The Labute approximate surface area is 331 Å². The van der Waals surface area contributed by atoms with Crippen molar-refractivity contribution in [3.05, 3.63) is 167 Å². The summed E-state index contributed by atoms with van der Waals surface area (Å²) in [5.41, 5.74) is 5.73. The highest BCUT2D eigenvalue weighted by molar-refractivity contribution is 5.94. The molecule has 0 atom stereocenters. The van der Waals surface area contributed by atoms with Crippen molar-refractivity contribution in [2.45, 2.75) is 33.8 Å². The van der Waals surface area contributed by atoms with Crippen LogP contribution in [0.3, 0.4) is 0 Å². The minimum atomic E-state index is -1.22. The molecule has 4 aromatic rings. The topological polar surface area (TPSA) is 132 Å². The Morgan fingerprint density at radius 1 is 0.614 bits per heavy atom. The van der Waals surface area contributed by atoms with Crippen LogP contribution in [-0.4, -0.2) is 36.6 Å². The minimum Gasteiger partial charge on any atom is -0.462 e. The lowest BCUT2D eigenvalue weighted by Gasteiger charge is -2.14. The Kier molecular flexibility index (Phi) is 14.8. The molecule has 4 aromatic carbocycles. The van der Waals surface area contributed by atoms with Crippen LogP contribution in [0.2, 0.25) is 0 Å². The Morgan fingerprint density at radius 2 is 1.14 bits per heavy atom. The molecule has 0 aliphatic rings. The molecule has 10 heteroatoms. The van der Waals surface area contributed by atoms with Gasteiger partial charge in [0.1, 0.15) is 18.1 Å². The predicted octanol–water partition coefficient (Wildman–Crippen LogP) is 8.14. The van der Waals surface area contributed by atoms with Crippen LogP contribution in [0.5, 0.6) is 11.5 Å². The van der Waals surface area contributed by atoms with Crippen LogP contribution in [-0.2, 0) is 46.4 Å². The lowest BCUT2D eigenvalue weighted by atomic mass is 9.97. The van der Waals surface area contributed by atoms with Gasteiger partial charge in [-0.05, 0) is 98.1 Å². The normalized spacial score (nSPS) is 9.88. The first-order valence-corrected chi connectivity index (χ1v) is 17.3. The second-order valence-electron chi connectivity index (χ2n) is 12.5. The average Bonchev–Trinajstić information content (AvgIpc) is 3.19. The van der Waals surface area contributed by atoms with Gasteiger partial charge in [-0.15, -0.1) is 0 Å². The number of ether oxygens (including phenoxy) is 5. The van der Waals surface area contributed by atoms with Crippen LogP contribution < -0.4 is 9.47 Å². The summed E-state index contributed by atoms with van der Waals surface area (Å²) in [6, 6.07) is 24.5. The lowest BCUT2D eigenvalue weighted by molar-refractivity contribution is -0.140. The fourth-order valence-corrected chi connectivity index (χ4v) is 4.64. The molecule has 57 heavy (non-hydrogen) atoms. The summed E-state index contributed by atoms with van der Waals surface area (Å²) in [7, 11) is 0. The van der Waals surface area contributed by atoms with Crippen LogP contribution in [0, 0.1) is 23.7 Å². The van der Waals surface area contributed by atoms with Gasteiger partial charge in [0, 0.05) is 51.5 Å². The highest BCUT2D eigenvalue weighted by Gasteiger charge is 2.17. The third-order valence-electron chi connectivity index (χ3n) is 7.68. The smallest absolute Gasteiger partial charge is 0.462 e. The summed E-state index contributed by atoms with van der Waals surface area (Å²) in [6.07, 6.45) is 0.370. The van der Waals surface area contributed by atoms with E-state index in [-0.39, 0.29) is 41.4 Å². The quantitative estimate of drug-likeness (QED) is 0.0265. The number of benzene rings is 4. The molecule has 286 valence electrons. The molecule has 0 heterocycles. The summed E-state index contributed by atoms with van der Waals surface area (Å²) in [6.45, 7) is 18.7. The maximum Gasteiger partial charge on any atom is 0.521 e. The van der Waals surface area contributed by atoms with E-state index in [1.165, 1.54) is 26.0 Å². The minimum absolute atomic E-state index is 0.0371. The van der Waals surface area contributed by atoms with Gasteiger partial charge in [0.15, 0.2) is 0 Å². The second kappa shape index (κ2) is 20.1. The SMILES string of the molecule is C=CC(=O)Oc1cc(-c2ccc(C#Cc3ccc(CCOC(=O)C(=C)C)cc3)cc2)cc(COC(=O)C(=C)C)c1C#Cc1ccc(OC(=O)OC(=O)C(=C)C)cc1. The van der Waals surface area contributed by atoms with Gasteiger partial charge in [0.25, 0.3) is 0 Å².